The monoisotopic (exact) mass is 285 g/mol. The summed E-state index contributed by atoms with van der Waals surface area (Å²) in [6.45, 7) is 7.54. The summed E-state index contributed by atoms with van der Waals surface area (Å²) < 4.78 is 7.64. The van der Waals surface area contributed by atoms with Crippen molar-refractivity contribution in [3.05, 3.63) is 41.6 Å². The van der Waals surface area contributed by atoms with E-state index in [0.29, 0.717) is 0 Å². The van der Waals surface area contributed by atoms with Gasteiger partial charge in [-0.2, -0.15) is 5.10 Å². The Balaban J connectivity index is 2.06. The molecule has 0 radical (unpaired) electrons. The minimum Gasteiger partial charge on any atom is -0.496 e. The lowest BCUT2D eigenvalue weighted by atomic mass is 9.92. The SMILES string of the molecule is COc1ccccc1C1CCNc2cc(C(C)(C)C)nn21. The fourth-order valence-electron chi connectivity index (χ4n) is 2.82. The molecule has 0 bridgehead atoms. The Bertz CT molecular complexity index is 640. The summed E-state index contributed by atoms with van der Waals surface area (Å²) in [6, 6.07) is 10.6. The molecule has 112 valence electrons. The first-order chi connectivity index (χ1) is 10.0. The second-order valence-corrected chi connectivity index (χ2v) is 6.58. The van der Waals surface area contributed by atoms with Gasteiger partial charge in [-0.05, 0) is 12.5 Å². The van der Waals surface area contributed by atoms with Crippen molar-refractivity contribution in [1.82, 2.24) is 9.78 Å². The van der Waals surface area contributed by atoms with Crippen LogP contribution in [0, 0.1) is 0 Å². The van der Waals surface area contributed by atoms with Crippen LogP contribution in [-0.2, 0) is 5.41 Å². The van der Waals surface area contributed by atoms with E-state index < -0.39 is 0 Å². The normalized spacial score (nSPS) is 18.0. The predicted molar refractivity (Wildman–Crippen MR) is 85.2 cm³/mol. The molecule has 0 fully saturated rings. The fraction of sp³-hybridized carbons (Fsp3) is 0.471. The average Bonchev–Trinajstić information content (AvgIpc) is 2.91. The van der Waals surface area contributed by atoms with Crippen molar-refractivity contribution in [2.75, 3.05) is 19.0 Å². The van der Waals surface area contributed by atoms with Gasteiger partial charge in [0.2, 0.25) is 0 Å². The molecule has 1 aromatic carbocycles. The molecule has 2 heterocycles. The van der Waals surface area contributed by atoms with Crippen LogP contribution in [0.25, 0.3) is 0 Å². The highest BCUT2D eigenvalue weighted by atomic mass is 16.5. The lowest BCUT2D eigenvalue weighted by molar-refractivity contribution is 0.390. The molecule has 2 aromatic rings. The Morgan fingerprint density at radius 3 is 2.76 bits per heavy atom. The molecular weight excluding hydrogens is 262 g/mol. The summed E-state index contributed by atoms with van der Waals surface area (Å²) in [4.78, 5) is 0. The van der Waals surface area contributed by atoms with Crippen LogP contribution in [-0.4, -0.2) is 23.4 Å². The summed E-state index contributed by atoms with van der Waals surface area (Å²) in [5, 5.41) is 8.31. The van der Waals surface area contributed by atoms with Crippen LogP contribution in [0.3, 0.4) is 0 Å². The van der Waals surface area contributed by atoms with E-state index in [4.69, 9.17) is 9.84 Å². The quantitative estimate of drug-likeness (QED) is 0.916. The summed E-state index contributed by atoms with van der Waals surface area (Å²) in [5.74, 6) is 2.03. The van der Waals surface area contributed by atoms with Crippen molar-refractivity contribution in [3.8, 4) is 5.75 Å². The van der Waals surface area contributed by atoms with E-state index in [1.807, 2.05) is 12.1 Å². The Kier molecular flexibility index (Phi) is 3.40. The molecule has 0 saturated carbocycles. The molecule has 1 aliphatic rings. The maximum Gasteiger partial charge on any atom is 0.125 e. The van der Waals surface area contributed by atoms with E-state index in [1.54, 1.807) is 7.11 Å². The second-order valence-electron chi connectivity index (χ2n) is 6.58. The largest absolute Gasteiger partial charge is 0.496 e. The van der Waals surface area contributed by atoms with E-state index in [1.165, 1.54) is 5.56 Å². The fourth-order valence-corrected chi connectivity index (χ4v) is 2.82. The van der Waals surface area contributed by atoms with Gasteiger partial charge in [-0.25, -0.2) is 4.68 Å². The Labute approximate surface area is 126 Å². The molecule has 1 N–H and O–H groups in total. The minimum atomic E-state index is 0.0529. The highest BCUT2D eigenvalue weighted by Gasteiger charge is 2.28. The molecule has 1 unspecified atom stereocenters. The van der Waals surface area contributed by atoms with Gasteiger partial charge in [0.15, 0.2) is 0 Å². The molecule has 0 aliphatic carbocycles. The zero-order valence-electron chi connectivity index (χ0n) is 13.2. The average molecular weight is 285 g/mol. The first-order valence-corrected chi connectivity index (χ1v) is 7.47. The van der Waals surface area contributed by atoms with Gasteiger partial charge < -0.3 is 10.1 Å². The van der Waals surface area contributed by atoms with Crippen LogP contribution in [0.5, 0.6) is 5.75 Å². The van der Waals surface area contributed by atoms with Crippen LogP contribution in [0.4, 0.5) is 5.82 Å². The van der Waals surface area contributed by atoms with Gasteiger partial charge in [-0.1, -0.05) is 39.0 Å². The topological polar surface area (TPSA) is 39.1 Å². The Morgan fingerprint density at radius 1 is 1.29 bits per heavy atom. The number of methoxy groups -OCH3 is 1. The van der Waals surface area contributed by atoms with E-state index in [9.17, 15) is 0 Å². The van der Waals surface area contributed by atoms with E-state index in [-0.39, 0.29) is 11.5 Å². The van der Waals surface area contributed by atoms with Crippen molar-refractivity contribution in [2.24, 2.45) is 0 Å². The molecule has 0 spiro atoms. The van der Waals surface area contributed by atoms with E-state index >= 15 is 0 Å². The molecule has 1 atom stereocenters. The van der Waals surface area contributed by atoms with Crippen molar-refractivity contribution >= 4 is 5.82 Å². The number of rotatable bonds is 2. The number of nitrogens with zero attached hydrogens (tertiary/aromatic N) is 2. The second kappa shape index (κ2) is 5.10. The maximum atomic E-state index is 5.53. The van der Waals surface area contributed by atoms with Crippen LogP contribution in [0.2, 0.25) is 0 Å². The van der Waals surface area contributed by atoms with Gasteiger partial charge in [-0.3, -0.25) is 0 Å². The van der Waals surface area contributed by atoms with Crippen LogP contribution < -0.4 is 10.1 Å². The van der Waals surface area contributed by atoms with Gasteiger partial charge in [-0.15, -0.1) is 0 Å². The maximum absolute atomic E-state index is 5.53. The lowest BCUT2D eigenvalue weighted by Gasteiger charge is -2.27. The molecule has 4 heteroatoms. The molecule has 1 aromatic heterocycles. The first-order valence-electron chi connectivity index (χ1n) is 7.47. The molecular formula is C17H23N3O. The summed E-state index contributed by atoms with van der Waals surface area (Å²) in [7, 11) is 1.73. The minimum absolute atomic E-state index is 0.0529. The number of para-hydroxylation sites is 1. The third-order valence-electron chi connectivity index (χ3n) is 4.02. The molecule has 4 nitrogen and oxygen atoms in total. The zero-order chi connectivity index (χ0) is 15.0. The number of nitrogens with one attached hydrogen (secondary N) is 1. The van der Waals surface area contributed by atoms with Crippen molar-refractivity contribution in [3.63, 3.8) is 0 Å². The number of fused-ring (bicyclic) bond motifs is 1. The first kappa shape index (κ1) is 14.0. The number of anilines is 1. The molecule has 0 amide bonds. The number of aromatic nitrogens is 2. The highest BCUT2D eigenvalue weighted by Crippen LogP contribution is 2.36. The van der Waals surface area contributed by atoms with Gasteiger partial charge in [0.05, 0.1) is 18.8 Å². The Morgan fingerprint density at radius 2 is 2.05 bits per heavy atom. The molecule has 3 rings (SSSR count). The standard InChI is InChI=1S/C17H23N3O/c1-17(2,3)15-11-16-18-10-9-13(20(16)19-15)12-7-5-6-8-14(12)21-4/h5-8,11,13,18H,9-10H2,1-4H3. The number of hydrogen-bond donors (Lipinski definition) is 1. The summed E-state index contributed by atoms with van der Waals surface area (Å²) >= 11 is 0. The zero-order valence-corrected chi connectivity index (χ0v) is 13.2. The van der Waals surface area contributed by atoms with Crippen molar-refractivity contribution in [1.29, 1.82) is 0 Å². The van der Waals surface area contributed by atoms with Gasteiger partial charge in [0.1, 0.15) is 11.6 Å². The predicted octanol–water partition coefficient (Wildman–Crippen LogP) is 3.59. The van der Waals surface area contributed by atoms with Crippen LogP contribution in [0.1, 0.15) is 44.5 Å². The number of ether oxygens (including phenoxy) is 1. The lowest BCUT2D eigenvalue weighted by Crippen LogP contribution is -2.25. The molecule has 1 aliphatic heterocycles. The summed E-state index contributed by atoms with van der Waals surface area (Å²) in [5.41, 5.74) is 2.37. The highest BCUT2D eigenvalue weighted by molar-refractivity contribution is 5.45. The third kappa shape index (κ3) is 2.50. The third-order valence-corrected chi connectivity index (χ3v) is 4.02. The van der Waals surface area contributed by atoms with Gasteiger partial charge in [0, 0.05) is 23.6 Å². The smallest absolute Gasteiger partial charge is 0.125 e. The van der Waals surface area contributed by atoms with Gasteiger partial charge >= 0.3 is 0 Å². The number of benzene rings is 1. The van der Waals surface area contributed by atoms with Crippen molar-refractivity contribution in [2.45, 2.75) is 38.6 Å². The van der Waals surface area contributed by atoms with E-state index in [0.717, 1.165) is 30.2 Å². The van der Waals surface area contributed by atoms with Crippen LogP contribution in [0.15, 0.2) is 30.3 Å². The number of hydrogen-bond acceptors (Lipinski definition) is 3. The Hall–Kier alpha value is -1.97. The van der Waals surface area contributed by atoms with Crippen LogP contribution >= 0.6 is 0 Å². The molecule has 0 saturated heterocycles. The van der Waals surface area contributed by atoms with Crippen molar-refractivity contribution < 1.29 is 4.74 Å². The molecule has 21 heavy (non-hydrogen) atoms. The summed E-state index contributed by atoms with van der Waals surface area (Å²) in [6.07, 6.45) is 1.01. The van der Waals surface area contributed by atoms with Gasteiger partial charge in [0.25, 0.3) is 0 Å². The van der Waals surface area contributed by atoms with E-state index in [2.05, 4.69) is 49.0 Å².